The van der Waals surface area contributed by atoms with Crippen molar-refractivity contribution in [3.63, 3.8) is 0 Å². The summed E-state index contributed by atoms with van der Waals surface area (Å²) in [6, 6.07) is 15.5. The van der Waals surface area contributed by atoms with Gasteiger partial charge in [0.05, 0.1) is 23.3 Å². The Labute approximate surface area is 149 Å². The number of halogens is 1. The second-order valence-electron chi connectivity index (χ2n) is 6.09. The van der Waals surface area contributed by atoms with Crippen molar-refractivity contribution in [2.75, 3.05) is 32.7 Å². The minimum atomic E-state index is -1.17. The maximum Gasteiger partial charge on any atom is 0.176 e. The molecular formula is C19H21FN2O2S. The molecule has 2 aromatic rings. The highest BCUT2D eigenvalue weighted by molar-refractivity contribution is 7.81. The number of carbonyl (C=O) groups excluding carboxylic acids is 1. The van der Waals surface area contributed by atoms with Gasteiger partial charge >= 0.3 is 0 Å². The topological polar surface area (TPSA) is 40.6 Å². The van der Waals surface area contributed by atoms with E-state index in [4.69, 9.17) is 0 Å². The lowest BCUT2D eigenvalue weighted by Crippen LogP contribution is -2.48. The van der Waals surface area contributed by atoms with Crippen LogP contribution in [0.4, 0.5) is 4.39 Å². The molecule has 0 aromatic heterocycles. The Morgan fingerprint density at radius 1 is 1.00 bits per heavy atom. The van der Waals surface area contributed by atoms with Crippen LogP contribution in [-0.2, 0) is 16.7 Å². The summed E-state index contributed by atoms with van der Waals surface area (Å²) in [5.74, 6) is 0.120. The summed E-state index contributed by atoms with van der Waals surface area (Å²) in [4.78, 5) is 14.3. The van der Waals surface area contributed by atoms with Gasteiger partial charge in [0.25, 0.3) is 0 Å². The Balaban J connectivity index is 1.48. The van der Waals surface area contributed by atoms with Crippen LogP contribution in [0, 0.1) is 5.82 Å². The molecule has 0 spiro atoms. The summed E-state index contributed by atoms with van der Waals surface area (Å²) in [6.45, 7) is 3.07. The summed E-state index contributed by atoms with van der Waals surface area (Å²) in [7, 11) is -1.17. The Morgan fingerprint density at radius 2 is 1.72 bits per heavy atom. The van der Waals surface area contributed by atoms with Crippen molar-refractivity contribution in [3.8, 4) is 0 Å². The molecule has 1 unspecified atom stereocenters. The van der Waals surface area contributed by atoms with Gasteiger partial charge in [-0.15, -0.1) is 0 Å². The average molecular weight is 360 g/mol. The molecule has 0 aliphatic carbocycles. The quantitative estimate of drug-likeness (QED) is 0.743. The first-order valence-corrected chi connectivity index (χ1v) is 9.58. The minimum absolute atomic E-state index is 0.106. The summed E-state index contributed by atoms with van der Waals surface area (Å²) in [5, 5.41) is 0. The fourth-order valence-electron chi connectivity index (χ4n) is 2.87. The van der Waals surface area contributed by atoms with E-state index < -0.39 is 11.0 Å². The summed E-state index contributed by atoms with van der Waals surface area (Å²) >= 11 is 0. The molecule has 0 N–H and O–H groups in total. The molecule has 0 bridgehead atoms. The van der Waals surface area contributed by atoms with E-state index in [-0.39, 0.29) is 11.6 Å². The van der Waals surface area contributed by atoms with Gasteiger partial charge in [-0.25, -0.2) is 12.9 Å². The van der Waals surface area contributed by atoms with Crippen LogP contribution < -0.4 is 0 Å². The molecule has 1 fully saturated rings. The Bertz CT molecular complexity index is 746. The van der Waals surface area contributed by atoms with Crippen molar-refractivity contribution in [2.24, 2.45) is 0 Å². The van der Waals surface area contributed by atoms with E-state index >= 15 is 0 Å². The lowest BCUT2D eigenvalue weighted by molar-refractivity contribution is 0.0903. The molecule has 25 heavy (non-hydrogen) atoms. The highest BCUT2D eigenvalue weighted by atomic mass is 32.2. The second-order valence-corrected chi connectivity index (χ2v) is 7.54. The minimum Gasteiger partial charge on any atom is -0.293 e. The van der Waals surface area contributed by atoms with Gasteiger partial charge in [0.2, 0.25) is 0 Å². The number of piperazine rings is 1. The molecule has 1 aliphatic rings. The lowest BCUT2D eigenvalue weighted by Gasteiger charge is -2.33. The zero-order valence-electron chi connectivity index (χ0n) is 13.9. The van der Waals surface area contributed by atoms with Gasteiger partial charge in [-0.3, -0.25) is 9.69 Å². The molecule has 4 nitrogen and oxygen atoms in total. The number of ketones is 1. The van der Waals surface area contributed by atoms with Crippen LogP contribution >= 0.6 is 0 Å². The van der Waals surface area contributed by atoms with Crippen LogP contribution in [0.15, 0.2) is 54.6 Å². The Hall–Kier alpha value is -1.89. The van der Waals surface area contributed by atoms with Crippen molar-refractivity contribution in [3.05, 3.63) is 71.5 Å². The van der Waals surface area contributed by atoms with Crippen molar-refractivity contribution >= 4 is 16.8 Å². The standard InChI is InChI=1S/C19H21FN2O2S/c20-18-8-4-5-16(13-18)15-25(24)22-11-9-21(10-12-22)14-19(23)17-6-2-1-3-7-17/h1-8,13H,9-12,14-15H2. The summed E-state index contributed by atoms with van der Waals surface area (Å²) < 4.78 is 27.6. The Kier molecular flexibility index (Phi) is 6.07. The lowest BCUT2D eigenvalue weighted by atomic mass is 10.1. The number of carbonyl (C=O) groups is 1. The molecule has 3 rings (SSSR count). The van der Waals surface area contributed by atoms with Gasteiger partial charge in [0.15, 0.2) is 5.78 Å². The molecular weight excluding hydrogens is 339 g/mol. The zero-order chi connectivity index (χ0) is 17.6. The van der Waals surface area contributed by atoms with Gasteiger partial charge in [0.1, 0.15) is 5.82 Å². The third-order valence-corrected chi connectivity index (χ3v) is 5.78. The van der Waals surface area contributed by atoms with Crippen LogP contribution in [0.1, 0.15) is 15.9 Å². The van der Waals surface area contributed by atoms with E-state index in [0.717, 1.165) is 11.1 Å². The number of hydrogen-bond donors (Lipinski definition) is 0. The van der Waals surface area contributed by atoms with Crippen LogP contribution in [0.5, 0.6) is 0 Å². The van der Waals surface area contributed by atoms with Crippen molar-refractivity contribution in [1.82, 2.24) is 9.21 Å². The number of Topliss-reactive ketones (excluding diaryl/α,β-unsaturated/α-hetero) is 1. The van der Waals surface area contributed by atoms with E-state index in [0.29, 0.717) is 38.5 Å². The van der Waals surface area contributed by atoms with E-state index in [2.05, 4.69) is 4.90 Å². The molecule has 0 amide bonds. The molecule has 1 aliphatic heterocycles. The number of rotatable bonds is 6. The first-order chi connectivity index (χ1) is 12.1. The molecule has 0 saturated carbocycles. The molecule has 1 heterocycles. The monoisotopic (exact) mass is 360 g/mol. The number of benzene rings is 2. The second kappa shape index (κ2) is 8.47. The van der Waals surface area contributed by atoms with Crippen molar-refractivity contribution in [1.29, 1.82) is 0 Å². The maximum absolute atomic E-state index is 13.2. The van der Waals surface area contributed by atoms with Gasteiger partial charge in [0, 0.05) is 31.7 Å². The highest BCUT2D eigenvalue weighted by Gasteiger charge is 2.23. The highest BCUT2D eigenvalue weighted by Crippen LogP contribution is 2.12. The fraction of sp³-hybridized carbons (Fsp3) is 0.316. The maximum atomic E-state index is 13.2. The van der Waals surface area contributed by atoms with Crippen LogP contribution in [0.2, 0.25) is 0 Å². The number of nitrogens with zero attached hydrogens (tertiary/aromatic N) is 2. The van der Waals surface area contributed by atoms with Crippen LogP contribution in [-0.4, -0.2) is 51.9 Å². The third-order valence-electron chi connectivity index (χ3n) is 4.26. The van der Waals surface area contributed by atoms with E-state index in [1.165, 1.54) is 12.1 Å². The normalized spacial score (nSPS) is 17.3. The molecule has 1 saturated heterocycles. The predicted molar refractivity (Wildman–Crippen MR) is 97.0 cm³/mol. The Morgan fingerprint density at radius 3 is 2.40 bits per heavy atom. The van der Waals surface area contributed by atoms with E-state index in [9.17, 15) is 13.4 Å². The molecule has 1 atom stereocenters. The van der Waals surface area contributed by atoms with Crippen LogP contribution in [0.25, 0.3) is 0 Å². The SMILES string of the molecule is O=C(CN1CCN(S(=O)Cc2cccc(F)c2)CC1)c1ccccc1. The third kappa shape index (κ3) is 5.04. The molecule has 2 aromatic carbocycles. The smallest absolute Gasteiger partial charge is 0.176 e. The fourth-order valence-corrected chi connectivity index (χ4v) is 4.09. The van der Waals surface area contributed by atoms with Crippen LogP contribution in [0.3, 0.4) is 0 Å². The van der Waals surface area contributed by atoms with Gasteiger partial charge in [-0.05, 0) is 17.7 Å². The summed E-state index contributed by atoms with van der Waals surface area (Å²) in [5.41, 5.74) is 1.46. The molecule has 132 valence electrons. The largest absolute Gasteiger partial charge is 0.293 e. The molecule has 6 heteroatoms. The van der Waals surface area contributed by atoms with E-state index in [1.54, 1.807) is 12.1 Å². The zero-order valence-corrected chi connectivity index (χ0v) is 14.8. The van der Waals surface area contributed by atoms with Crippen molar-refractivity contribution in [2.45, 2.75) is 5.75 Å². The summed E-state index contributed by atoms with van der Waals surface area (Å²) in [6.07, 6.45) is 0. The van der Waals surface area contributed by atoms with Gasteiger partial charge < -0.3 is 0 Å². The molecule has 0 radical (unpaired) electrons. The number of hydrogen-bond acceptors (Lipinski definition) is 3. The first kappa shape index (κ1) is 17.9. The average Bonchev–Trinajstić information content (AvgIpc) is 2.63. The van der Waals surface area contributed by atoms with E-state index in [1.807, 2.05) is 34.6 Å². The predicted octanol–water partition coefficient (Wildman–Crippen LogP) is 2.49. The van der Waals surface area contributed by atoms with Gasteiger partial charge in [-0.1, -0.05) is 42.5 Å². The van der Waals surface area contributed by atoms with Crippen molar-refractivity contribution < 1.29 is 13.4 Å². The first-order valence-electron chi connectivity index (χ1n) is 8.30. The van der Waals surface area contributed by atoms with Gasteiger partial charge in [-0.2, -0.15) is 0 Å².